The van der Waals surface area contributed by atoms with Gasteiger partial charge in [0.1, 0.15) is 5.82 Å². The fourth-order valence-electron chi connectivity index (χ4n) is 2.34. The highest BCUT2D eigenvalue weighted by atomic mass is 19.1. The number of morpholine rings is 1. The van der Waals surface area contributed by atoms with Crippen LogP contribution < -0.4 is 5.32 Å². The van der Waals surface area contributed by atoms with E-state index in [2.05, 4.69) is 17.1 Å². The van der Waals surface area contributed by atoms with Crippen molar-refractivity contribution in [3.05, 3.63) is 35.6 Å². The van der Waals surface area contributed by atoms with E-state index in [1.54, 1.807) is 12.1 Å². The maximum absolute atomic E-state index is 13.1. The van der Waals surface area contributed by atoms with Gasteiger partial charge >= 0.3 is 0 Å². The van der Waals surface area contributed by atoms with Crippen molar-refractivity contribution >= 4 is 0 Å². The highest BCUT2D eigenvalue weighted by Gasteiger charge is 2.10. The van der Waals surface area contributed by atoms with E-state index in [-0.39, 0.29) is 11.9 Å². The van der Waals surface area contributed by atoms with Crippen molar-refractivity contribution in [3.8, 4) is 0 Å². The molecule has 1 aliphatic rings. The second-order valence-corrected chi connectivity index (χ2v) is 5.04. The van der Waals surface area contributed by atoms with Gasteiger partial charge in [0.25, 0.3) is 0 Å². The Morgan fingerprint density at radius 1 is 1.37 bits per heavy atom. The molecule has 0 aliphatic carbocycles. The lowest BCUT2D eigenvalue weighted by Crippen LogP contribution is -2.37. The second kappa shape index (κ2) is 7.58. The monoisotopic (exact) mass is 266 g/mol. The van der Waals surface area contributed by atoms with Gasteiger partial charge in [0.05, 0.1) is 13.2 Å². The van der Waals surface area contributed by atoms with Crippen LogP contribution in [0.25, 0.3) is 0 Å². The summed E-state index contributed by atoms with van der Waals surface area (Å²) < 4.78 is 18.4. The first-order valence-corrected chi connectivity index (χ1v) is 7.04. The lowest BCUT2D eigenvalue weighted by molar-refractivity contribution is 0.0374. The van der Waals surface area contributed by atoms with E-state index >= 15 is 0 Å². The number of nitrogens with one attached hydrogen (secondary N) is 1. The van der Waals surface area contributed by atoms with Crippen molar-refractivity contribution in [2.24, 2.45) is 0 Å². The molecule has 3 nitrogen and oxygen atoms in total. The van der Waals surface area contributed by atoms with Gasteiger partial charge in [0.15, 0.2) is 0 Å². The minimum atomic E-state index is -0.167. The normalized spacial score (nSPS) is 18.4. The molecule has 2 rings (SSSR count). The molecule has 0 radical (unpaired) electrons. The largest absolute Gasteiger partial charge is 0.379 e. The van der Waals surface area contributed by atoms with E-state index in [0.29, 0.717) is 0 Å². The molecule has 4 heteroatoms. The van der Waals surface area contributed by atoms with Gasteiger partial charge in [-0.1, -0.05) is 12.1 Å². The summed E-state index contributed by atoms with van der Waals surface area (Å²) in [5.74, 6) is -0.167. The van der Waals surface area contributed by atoms with Crippen molar-refractivity contribution in [3.63, 3.8) is 0 Å². The third-order valence-corrected chi connectivity index (χ3v) is 3.55. The highest BCUT2D eigenvalue weighted by molar-refractivity contribution is 5.19. The summed E-state index contributed by atoms with van der Waals surface area (Å²) in [4.78, 5) is 2.43. The lowest BCUT2D eigenvalue weighted by atomic mass is 10.1. The SMILES string of the molecule is CC(NCCCN1CCOCC1)c1cccc(F)c1. The third kappa shape index (κ3) is 4.90. The molecular formula is C15H23FN2O. The zero-order chi connectivity index (χ0) is 13.5. The van der Waals surface area contributed by atoms with Gasteiger partial charge in [-0.3, -0.25) is 4.90 Å². The molecule has 0 amide bonds. The molecular weight excluding hydrogens is 243 g/mol. The summed E-state index contributed by atoms with van der Waals surface area (Å²) in [5, 5.41) is 3.44. The molecule has 1 aromatic carbocycles. The maximum Gasteiger partial charge on any atom is 0.123 e. The van der Waals surface area contributed by atoms with Crippen LogP contribution >= 0.6 is 0 Å². The molecule has 1 aromatic rings. The summed E-state index contributed by atoms with van der Waals surface area (Å²) in [6.45, 7) is 7.92. The van der Waals surface area contributed by atoms with Gasteiger partial charge in [-0.15, -0.1) is 0 Å². The first kappa shape index (κ1) is 14.4. The standard InChI is InChI=1S/C15H23FN2O/c1-13(14-4-2-5-15(16)12-14)17-6-3-7-18-8-10-19-11-9-18/h2,4-5,12-13,17H,3,6-11H2,1H3. The first-order chi connectivity index (χ1) is 9.25. The molecule has 1 heterocycles. The number of halogens is 1. The van der Waals surface area contributed by atoms with Crippen molar-refractivity contribution in [1.29, 1.82) is 0 Å². The van der Waals surface area contributed by atoms with Gasteiger partial charge in [0.2, 0.25) is 0 Å². The zero-order valence-corrected chi connectivity index (χ0v) is 11.6. The number of benzene rings is 1. The Kier molecular flexibility index (Phi) is 5.76. The van der Waals surface area contributed by atoms with E-state index < -0.39 is 0 Å². The summed E-state index contributed by atoms with van der Waals surface area (Å²) in [6.07, 6.45) is 1.11. The predicted octanol–water partition coefficient (Wildman–Crippen LogP) is 2.20. The van der Waals surface area contributed by atoms with Crippen molar-refractivity contribution in [1.82, 2.24) is 10.2 Å². The molecule has 1 atom stereocenters. The number of hydrogen-bond donors (Lipinski definition) is 1. The lowest BCUT2D eigenvalue weighted by Gasteiger charge is -2.26. The second-order valence-electron chi connectivity index (χ2n) is 5.04. The Hall–Kier alpha value is -0.970. The van der Waals surface area contributed by atoms with Crippen molar-refractivity contribution in [2.45, 2.75) is 19.4 Å². The smallest absolute Gasteiger partial charge is 0.123 e. The summed E-state index contributed by atoms with van der Waals surface area (Å²) in [5.41, 5.74) is 1.01. The average Bonchev–Trinajstić information content (AvgIpc) is 2.44. The molecule has 0 saturated carbocycles. The van der Waals surface area contributed by atoms with Crippen LogP contribution in [-0.2, 0) is 4.74 Å². The van der Waals surface area contributed by atoms with Gasteiger partial charge < -0.3 is 10.1 Å². The molecule has 1 N–H and O–H groups in total. The third-order valence-electron chi connectivity index (χ3n) is 3.55. The van der Waals surface area contributed by atoms with E-state index in [4.69, 9.17) is 4.74 Å². The minimum Gasteiger partial charge on any atom is -0.379 e. The predicted molar refractivity (Wildman–Crippen MR) is 74.7 cm³/mol. The molecule has 0 bridgehead atoms. The Morgan fingerprint density at radius 2 is 2.16 bits per heavy atom. The fraction of sp³-hybridized carbons (Fsp3) is 0.600. The molecule has 1 aliphatic heterocycles. The van der Waals surface area contributed by atoms with Gasteiger partial charge in [-0.05, 0) is 44.1 Å². The first-order valence-electron chi connectivity index (χ1n) is 7.04. The zero-order valence-electron chi connectivity index (χ0n) is 11.6. The number of rotatable bonds is 6. The average molecular weight is 266 g/mol. The highest BCUT2D eigenvalue weighted by Crippen LogP contribution is 2.13. The molecule has 0 aromatic heterocycles. The van der Waals surface area contributed by atoms with Crippen molar-refractivity contribution in [2.75, 3.05) is 39.4 Å². The van der Waals surface area contributed by atoms with Crippen LogP contribution in [0.1, 0.15) is 24.9 Å². The van der Waals surface area contributed by atoms with Crippen LogP contribution in [0.2, 0.25) is 0 Å². The van der Waals surface area contributed by atoms with Crippen LogP contribution in [-0.4, -0.2) is 44.3 Å². The molecule has 1 unspecified atom stereocenters. The number of ether oxygens (including phenoxy) is 1. The summed E-state index contributed by atoms with van der Waals surface area (Å²) in [7, 11) is 0. The maximum atomic E-state index is 13.1. The van der Waals surface area contributed by atoms with Crippen LogP contribution in [0.15, 0.2) is 24.3 Å². The van der Waals surface area contributed by atoms with Crippen molar-refractivity contribution < 1.29 is 9.13 Å². The molecule has 19 heavy (non-hydrogen) atoms. The van der Waals surface area contributed by atoms with Crippen LogP contribution in [0.4, 0.5) is 4.39 Å². The Labute approximate surface area is 114 Å². The summed E-state index contributed by atoms with van der Waals surface area (Å²) in [6, 6.07) is 6.99. The van der Waals surface area contributed by atoms with Gasteiger partial charge in [-0.25, -0.2) is 4.39 Å². The van der Waals surface area contributed by atoms with E-state index in [9.17, 15) is 4.39 Å². The quantitative estimate of drug-likeness (QED) is 0.799. The molecule has 106 valence electrons. The Morgan fingerprint density at radius 3 is 2.89 bits per heavy atom. The van der Waals surface area contributed by atoms with Gasteiger partial charge in [-0.2, -0.15) is 0 Å². The number of hydrogen-bond acceptors (Lipinski definition) is 3. The van der Waals surface area contributed by atoms with Crippen LogP contribution in [0.5, 0.6) is 0 Å². The topological polar surface area (TPSA) is 24.5 Å². The molecule has 1 fully saturated rings. The minimum absolute atomic E-state index is 0.167. The van der Waals surface area contributed by atoms with E-state index in [1.165, 1.54) is 6.07 Å². The van der Waals surface area contributed by atoms with Crippen LogP contribution in [0, 0.1) is 5.82 Å². The molecule has 1 saturated heterocycles. The summed E-state index contributed by atoms with van der Waals surface area (Å²) >= 11 is 0. The Balaban J connectivity index is 1.64. The Bertz CT molecular complexity index is 380. The van der Waals surface area contributed by atoms with E-state index in [0.717, 1.165) is 51.4 Å². The molecule has 0 spiro atoms. The number of nitrogens with zero attached hydrogens (tertiary/aromatic N) is 1. The fourth-order valence-corrected chi connectivity index (χ4v) is 2.34. The van der Waals surface area contributed by atoms with Gasteiger partial charge in [0, 0.05) is 19.1 Å². The van der Waals surface area contributed by atoms with Crippen LogP contribution in [0.3, 0.4) is 0 Å². The van der Waals surface area contributed by atoms with E-state index in [1.807, 2.05) is 6.07 Å².